The van der Waals surface area contributed by atoms with Gasteiger partial charge in [0.2, 0.25) is 0 Å². The number of benzene rings is 1. The van der Waals surface area contributed by atoms with Crippen molar-refractivity contribution in [2.75, 3.05) is 11.5 Å². The summed E-state index contributed by atoms with van der Waals surface area (Å²) < 4.78 is 0. The van der Waals surface area contributed by atoms with E-state index in [0.717, 1.165) is 22.4 Å². The summed E-state index contributed by atoms with van der Waals surface area (Å²) in [5, 5.41) is 0.805. The molecule has 16 heavy (non-hydrogen) atoms. The Balaban J connectivity index is 1.80. The number of nitrogens with two attached hydrogens (primary N) is 1. The van der Waals surface area contributed by atoms with Crippen molar-refractivity contribution in [1.82, 2.24) is 0 Å². The van der Waals surface area contributed by atoms with E-state index < -0.39 is 0 Å². The lowest BCUT2D eigenvalue weighted by molar-refractivity contribution is 0.623. The molecule has 1 aromatic carbocycles. The Morgan fingerprint density at radius 2 is 2.06 bits per heavy atom. The molecule has 1 aromatic rings. The Kier molecular flexibility index (Phi) is 4.42. The maximum Gasteiger partial charge on any atom is 0.0466 e. The van der Waals surface area contributed by atoms with E-state index in [1.807, 2.05) is 30.0 Å². The summed E-state index contributed by atoms with van der Waals surface area (Å²) in [6.07, 6.45) is 5.69. The highest BCUT2D eigenvalue weighted by Crippen LogP contribution is 2.30. The van der Waals surface area contributed by atoms with Gasteiger partial charge >= 0.3 is 0 Å². The monoisotopic (exact) mass is 255 g/mol. The van der Waals surface area contributed by atoms with Gasteiger partial charge in [0.05, 0.1) is 0 Å². The first kappa shape index (κ1) is 12.1. The van der Waals surface area contributed by atoms with Crippen molar-refractivity contribution < 1.29 is 0 Å². The minimum atomic E-state index is 0.745. The van der Waals surface area contributed by atoms with Crippen LogP contribution in [-0.4, -0.2) is 5.75 Å². The van der Waals surface area contributed by atoms with Gasteiger partial charge in [-0.15, -0.1) is 0 Å². The van der Waals surface area contributed by atoms with Crippen LogP contribution < -0.4 is 5.73 Å². The second kappa shape index (κ2) is 5.83. The number of thioether (sulfide) groups is 1. The molecule has 0 bridgehead atoms. The smallest absolute Gasteiger partial charge is 0.0466 e. The number of halogens is 1. The fourth-order valence-corrected chi connectivity index (χ4v) is 3.78. The molecule has 0 heterocycles. The van der Waals surface area contributed by atoms with Crippen molar-refractivity contribution >= 4 is 29.1 Å². The van der Waals surface area contributed by atoms with Crippen LogP contribution in [0.1, 0.15) is 31.2 Å². The van der Waals surface area contributed by atoms with E-state index >= 15 is 0 Å². The molecule has 0 aromatic heterocycles. The Morgan fingerprint density at radius 1 is 1.31 bits per heavy atom. The van der Waals surface area contributed by atoms with Crippen molar-refractivity contribution in [3.63, 3.8) is 0 Å². The lowest BCUT2D eigenvalue weighted by atomic mass is 10.1. The number of hydrogen-bond donors (Lipinski definition) is 1. The van der Waals surface area contributed by atoms with Crippen LogP contribution in [0.2, 0.25) is 5.02 Å². The van der Waals surface area contributed by atoms with Gasteiger partial charge in [-0.2, -0.15) is 11.8 Å². The van der Waals surface area contributed by atoms with Gasteiger partial charge in [0.15, 0.2) is 0 Å². The van der Waals surface area contributed by atoms with Gasteiger partial charge < -0.3 is 5.73 Å². The van der Waals surface area contributed by atoms with Gasteiger partial charge in [0, 0.05) is 16.5 Å². The zero-order chi connectivity index (χ0) is 11.4. The van der Waals surface area contributed by atoms with E-state index in [9.17, 15) is 0 Å². The van der Waals surface area contributed by atoms with Gasteiger partial charge in [-0.3, -0.25) is 0 Å². The molecule has 1 aliphatic carbocycles. The van der Waals surface area contributed by atoms with Crippen LogP contribution in [0, 0.1) is 5.92 Å². The minimum Gasteiger partial charge on any atom is -0.399 e. The summed E-state index contributed by atoms with van der Waals surface area (Å²) in [4.78, 5) is 0. The van der Waals surface area contributed by atoms with E-state index in [-0.39, 0.29) is 0 Å². The summed E-state index contributed by atoms with van der Waals surface area (Å²) in [6, 6.07) is 5.81. The molecule has 0 spiro atoms. The second-order valence-electron chi connectivity index (χ2n) is 4.52. The molecule has 3 heteroatoms. The number of nitrogen functional groups attached to an aromatic ring is 1. The van der Waals surface area contributed by atoms with Crippen molar-refractivity contribution in [2.45, 2.75) is 31.4 Å². The molecular formula is C13H18ClNS. The largest absolute Gasteiger partial charge is 0.399 e. The molecule has 0 radical (unpaired) electrons. The normalized spacial score (nSPS) is 16.8. The summed E-state index contributed by atoms with van der Waals surface area (Å²) in [5.74, 6) is 3.23. The second-order valence-corrected chi connectivity index (χ2v) is 5.95. The maximum atomic E-state index is 6.13. The molecule has 2 N–H and O–H groups in total. The molecule has 0 aliphatic heterocycles. The van der Waals surface area contributed by atoms with E-state index in [4.69, 9.17) is 17.3 Å². The predicted octanol–water partition coefficient (Wildman–Crippen LogP) is 4.35. The van der Waals surface area contributed by atoms with Crippen LogP contribution in [0.3, 0.4) is 0 Å². The predicted molar refractivity (Wildman–Crippen MR) is 74.0 cm³/mol. The molecule has 0 saturated heterocycles. The molecule has 1 saturated carbocycles. The molecule has 0 unspecified atom stereocenters. The first-order valence-corrected chi connectivity index (χ1v) is 7.40. The van der Waals surface area contributed by atoms with E-state index in [1.165, 1.54) is 37.0 Å². The molecule has 1 aliphatic rings. The molecule has 1 fully saturated rings. The summed E-state index contributed by atoms with van der Waals surface area (Å²) in [6.45, 7) is 0. The lowest BCUT2D eigenvalue weighted by Crippen LogP contribution is -1.97. The zero-order valence-electron chi connectivity index (χ0n) is 9.42. The third kappa shape index (κ3) is 3.33. The fourth-order valence-electron chi connectivity index (χ4n) is 2.19. The van der Waals surface area contributed by atoms with Crippen molar-refractivity contribution in [1.29, 1.82) is 0 Å². The third-order valence-electron chi connectivity index (χ3n) is 3.16. The number of hydrogen-bond acceptors (Lipinski definition) is 2. The van der Waals surface area contributed by atoms with E-state index in [2.05, 4.69) is 0 Å². The number of rotatable bonds is 4. The quantitative estimate of drug-likeness (QED) is 0.810. The Labute approximate surface area is 107 Å². The SMILES string of the molecule is Nc1ccc(CSCC2CCCC2)c(Cl)c1. The molecule has 0 amide bonds. The van der Waals surface area contributed by atoms with Gasteiger partial charge in [0.1, 0.15) is 0 Å². The van der Waals surface area contributed by atoms with E-state index in [1.54, 1.807) is 0 Å². The van der Waals surface area contributed by atoms with Gasteiger partial charge in [0.25, 0.3) is 0 Å². The lowest BCUT2D eigenvalue weighted by Gasteiger charge is -2.09. The summed E-state index contributed by atoms with van der Waals surface area (Å²) in [5.41, 5.74) is 7.62. The van der Waals surface area contributed by atoms with Gasteiger partial charge in [-0.05, 0) is 42.2 Å². The fraction of sp³-hybridized carbons (Fsp3) is 0.538. The Bertz CT molecular complexity index is 348. The maximum absolute atomic E-state index is 6.13. The molecular weight excluding hydrogens is 238 g/mol. The van der Waals surface area contributed by atoms with Crippen LogP contribution in [0.25, 0.3) is 0 Å². The zero-order valence-corrected chi connectivity index (χ0v) is 11.0. The average molecular weight is 256 g/mol. The summed E-state index contributed by atoms with van der Waals surface area (Å²) >= 11 is 8.13. The third-order valence-corrected chi connectivity index (χ3v) is 4.74. The molecule has 0 atom stereocenters. The molecule has 88 valence electrons. The summed E-state index contributed by atoms with van der Waals surface area (Å²) in [7, 11) is 0. The van der Waals surface area contributed by atoms with Crippen molar-refractivity contribution in [3.8, 4) is 0 Å². The van der Waals surface area contributed by atoms with Gasteiger partial charge in [-0.1, -0.05) is 30.5 Å². The van der Waals surface area contributed by atoms with Crippen molar-refractivity contribution in [2.24, 2.45) is 5.92 Å². The van der Waals surface area contributed by atoms with E-state index in [0.29, 0.717) is 0 Å². The standard InChI is InChI=1S/C13H18ClNS/c14-13-7-12(15)6-5-11(13)9-16-8-10-3-1-2-4-10/h5-7,10H,1-4,8-9,15H2. The van der Waals surface area contributed by atoms with Crippen molar-refractivity contribution in [3.05, 3.63) is 28.8 Å². The molecule has 2 rings (SSSR count). The van der Waals surface area contributed by atoms with Crippen LogP contribution >= 0.6 is 23.4 Å². The first-order chi connectivity index (χ1) is 7.75. The highest BCUT2D eigenvalue weighted by atomic mass is 35.5. The average Bonchev–Trinajstić information content (AvgIpc) is 2.74. The Hall–Kier alpha value is -0.340. The topological polar surface area (TPSA) is 26.0 Å². The highest BCUT2D eigenvalue weighted by molar-refractivity contribution is 7.98. The first-order valence-electron chi connectivity index (χ1n) is 5.87. The Morgan fingerprint density at radius 3 is 2.75 bits per heavy atom. The molecule has 1 nitrogen and oxygen atoms in total. The van der Waals surface area contributed by atoms with Crippen LogP contribution in [0.4, 0.5) is 5.69 Å². The van der Waals surface area contributed by atoms with Gasteiger partial charge in [-0.25, -0.2) is 0 Å². The number of anilines is 1. The van der Waals surface area contributed by atoms with Crippen LogP contribution in [0.15, 0.2) is 18.2 Å². The highest BCUT2D eigenvalue weighted by Gasteiger charge is 2.14. The van der Waals surface area contributed by atoms with Crippen LogP contribution in [0.5, 0.6) is 0 Å². The minimum absolute atomic E-state index is 0.745. The van der Waals surface area contributed by atoms with Crippen LogP contribution in [-0.2, 0) is 5.75 Å².